The molecule has 1 amide bonds. The van der Waals surface area contributed by atoms with Crippen LogP contribution in [0.1, 0.15) is 45.1 Å². The Labute approximate surface area is 107 Å². The second kappa shape index (κ2) is 5.77. The van der Waals surface area contributed by atoms with E-state index in [-0.39, 0.29) is 6.04 Å². The van der Waals surface area contributed by atoms with Crippen LogP contribution in [0.2, 0.25) is 0 Å². The third-order valence-corrected chi connectivity index (χ3v) is 2.12. The van der Waals surface area contributed by atoms with E-state index in [1.165, 1.54) is 0 Å². The molecule has 0 fully saturated rings. The Balaban J connectivity index is 2.49. The van der Waals surface area contributed by atoms with Crippen LogP contribution in [-0.2, 0) is 4.74 Å². The number of nitrogens with zero attached hydrogens (tertiary/aromatic N) is 2. The molecule has 0 saturated carbocycles. The van der Waals surface area contributed by atoms with Crippen molar-refractivity contribution in [1.29, 1.82) is 0 Å². The van der Waals surface area contributed by atoms with Gasteiger partial charge in [0.05, 0.1) is 17.4 Å². The van der Waals surface area contributed by atoms with Gasteiger partial charge in [-0.25, -0.2) is 10.2 Å². The first-order valence-corrected chi connectivity index (χ1v) is 5.81. The zero-order chi connectivity index (χ0) is 13.8. The van der Waals surface area contributed by atoms with Crippen molar-refractivity contribution >= 4 is 6.09 Å². The predicted molar refractivity (Wildman–Crippen MR) is 67.7 cm³/mol. The van der Waals surface area contributed by atoms with Gasteiger partial charge in [-0.1, -0.05) is 0 Å². The fourth-order valence-corrected chi connectivity index (χ4v) is 1.38. The quantitative estimate of drug-likeness (QED) is 0.803. The predicted octanol–water partition coefficient (Wildman–Crippen LogP) is 1.88. The van der Waals surface area contributed by atoms with Crippen LogP contribution in [0, 0.1) is 6.92 Å². The van der Waals surface area contributed by atoms with Crippen molar-refractivity contribution in [3.8, 4) is 0 Å². The second-order valence-corrected chi connectivity index (χ2v) is 5.02. The summed E-state index contributed by atoms with van der Waals surface area (Å²) < 4.78 is 5.11. The van der Waals surface area contributed by atoms with Gasteiger partial charge in [-0.2, -0.15) is 0 Å². The average Bonchev–Trinajstić information content (AvgIpc) is 2.24. The molecule has 0 bridgehead atoms. The molecule has 0 radical (unpaired) electrons. The smallest absolute Gasteiger partial charge is 0.422 e. The monoisotopic (exact) mass is 252 g/mol. The molecule has 0 aliphatic rings. The van der Waals surface area contributed by atoms with Gasteiger partial charge in [0, 0.05) is 12.4 Å². The number of nitrogens with one attached hydrogen (secondary N) is 2. The highest BCUT2D eigenvalue weighted by Crippen LogP contribution is 2.11. The normalized spacial score (nSPS) is 12.9. The Bertz CT molecular complexity index is 415. The van der Waals surface area contributed by atoms with E-state index in [2.05, 4.69) is 20.8 Å². The van der Waals surface area contributed by atoms with Crippen molar-refractivity contribution in [2.75, 3.05) is 0 Å². The molecule has 1 aromatic rings. The number of amides is 1. The molecule has 100 valence electrons. The Kier molecular flexibility index (Phi) is 4.61. The highest BCUT2D eigenvalue weighted by Gasteiger charge is 2.17. The molecule has 1 heterocycles. The van der Waals surface area contributed by atoms with Gasteiger partial charge in [0.2, 0.25) is 0 Å². The van der Waals surface area contributed by atoms with E-state index in [1.807, 2.05) is 34.6 Å². The lowest BCUT2D eigenvalue weighted by Crippen LogP contribution is -2.42. The lowest BCUT2D eigenvalue weighted by Gasteiger charge is -2.21. The lowest BCUT2D eigenvalue weighted by molar-refractivity contribution is 0.0489. The summed E-state index contributed by atoms with van der Waals surface area (Å²) in [7, 11) is 0. The van der Waals surface area contributed by atoms with Crippen LogP contribution in [-0.4, -0.2) is 21.7 Å². The SMILES string of the molecule is Cc1nccnc1C(C)NNC(=O)OC(C)(C)C. The highest BCUT2D eigenvalue weighted by atomic mass is 16.6. The van der Waals surface area contributed by atoms with Gasteiger partial charge in [0.25, 0.3) is 0 Å². The summed E-state index contributed by atoms with van der Waals surface area (Å²) in [6.45, 7) is 9.18. The number of aryl methyl sites for hydroxylation is 1. The van der Waals surface area contributed by atoms with Gasteiger partial charge in [-0.3, -0.25) is 15.4 Å². The van der Waals surface area contributed by atoms with Crippen LogP contribution in [0.5, 0.6) is 0 Å². The highest BCUT2D eigenvalue weighted by molar-refractivity contribution is 5.67. The molecule has 18 heavy (non-hydrogen) atoms. The van der Waals surface area contributed by atoms with E-state index < -0.39 is 11.7 Å². The maximum absolute atomic E-state index is 11.4. The van der Waals surface area contributed by atoms with E-state index >= 15 is 0 Å². The topological polar surface area (TPSA) is 76.1 Å². The van der Waals surface area contributed by atoms with Crippen molar-refractivity contribution in [3.63, 3.8) is 0 Å². The Morgan fingerprint density at radius 2 is 1.94 bits per heavy atom. The largest absolute Gasteiger partial charge is 0.443 e. The number of ether oxygens (including phenoxy) is 1. The molecule has 0 saturated heterocycles. The first-order chi connectivity index (χ1) is 8.29. The minimum Gasteiger partial charge on any atom is -0.443 e. The molecule has 6 heteroatoms. The van der Waals surface area contributed by atoms with Crippen molar-refractivity contribution in [2.24, 2.45) is 0 Å². The van der Waals surface area contributed by atoms with Gasteiger partial charge >= 0.3 is 6.09 Å². The number of aromatic nitrogens is 2. The summed E-state index contributed by atoms with van der Waals surface area (Å²) >= 11 is 0. The molecule has 1 unspecified atom stereocenters. The number of hydrazine groups is 1. The van der Waals surface area contributed by atoms with Gasteiger partial charge in [-0.15, -0.1) is 0 Å². The van der Waals surface area contributed by atoms with E-state index in [0.717, 1.165) is 11.4 Å². The summed E-state index contributed by atoms with van der Waals surface area (Å²) in [6, 6.07) is -0.147. The van der Waals surface area contributed by atoms with Crippen LogP contribution in [0.3, 0.4) is 0 Å². The molecule has 0 aromatic carbocycles. The molecule has 0 spiro atoms. The maximum atomic E-state index is 11.4. The van der Waals surface area contributed by atoms with Gasteiger partial charge in [0.1, 0.15) is 5.60 Å². The Morgan fingerprint density at radius 1 is 1.33 bits per heavy atom. The van der Waals surface area contributed by atoms with Crippen LogP contribution in [0.4, 0.5) is 4.79 Å². The number of hydrogen-bond donors (Lipinski definition) is 2. The molecule has 1 aromatic heterocycles. The van der Waals surface area contributed by atoms with Crippen LogP contribution in [0.15, 0.2) is 12.4 Å². The first kappa shape index (κ1) is 14.4. The van der Waals surface area contributed by atoms with E-state index in [4.69, 9.17) is 4.74 Å². The summed E-state index contributed by atoms with van der Waals surface area (Å²) in [6.07, 6.45) is 2.73. The summed E-state index contributed by atoms with van der Waals surface area (Å²) in [4.78, 5) is 19.8. The van der Waals surface area contributed by atoms with Crippen LogP contribution in [0.25, 0.3) is 0 Å². The minimum atomic E-state index is -0.518. The average molecular weight is 252 g/mol. The number of rotatable bonds is 3. The van der Waals surface area contributed by atoms with E-state index in [9.17, 15) is 4.79 Å². The summed E-state index contributed by atoms with van der Waals surface area (Å²) in [5.41, 5.74) is 6.41. The van der Waals surface area contributed by atoms with Gasteiger partial charge in [0.15, 0.2) is 0 Å². The Morgan fingerprint density at radius 3 is 2.50 bits per heavy atom. The third-order valence-electron chi connectivity index (χ3n) is 2.12. The summed E-state index contributed by atoms with van der Waals surface area (Å²) in [5.74, 6) is 0. The van der Waals surface area contributed by atoms with Crippen molar-refractivity contribution < 1.29 is 9.53 Å². The van der Waals surface area contributed by atoms with Crippen molar-refractivity contribution in [1.82, 2.24) is 20.8 Å². The fourth-order valence-electron chi connectivity index (χ4n) is 1.38. The third kappa shape index (κ3) is 4.67. The first-order valence-electron chi connectivity index (χ1n) is 5.81. The molecule has 1 rings (SSSR count). The minimum absolute atomic E-state index is 0.147. The molecule has 0 aliphatic carbocycles. The van der Waals surface area contributed by atoms with E-state index in [1.54, 1.807) is 12.4 Å². The summed E-state index contributed by atoms with van der Waals surface area (Å²) in [5, 5.41) is 0. The van der Waals surface area contributed by atoms with Gasteiger partial charge < -0.3 is 4.74 Å². The molecule has 6 nitrogen and oxygen atoms in total. The number of carbonyl (C=O) groups excluding carboxylic acids is 1. The number of carbonyl (C=O) groups is 1. The fraction of sp³-hybridized carbons (Fsp3) is 0.583. The second-order valence-electron chi connectivity index (χ2n) is 5.02. The standard InChI is InChI=1S/C12H20N4O2/c1-8-10(14-7-6-13-8)9(2)15-16-11(17)18-12(3,4)5/h6-7,9,15H,1-5H3,(H,16,17). The van der Waals surface area contributed by atoms with Crippen LogP contribution >= 0.6 is 0 Å². The maximum Gasteiger partial charge on any atom is 0.422 e. The molecule has 1 atom stereocenters. The van der Waals surface area contributed by atoms with Gasteiger partial charge in [-0.05, 0) is 34.6 Å². The molecule has 0 aliphatic heterocycles. The molecule has 2 N–H and O–H groups in total. The number of hydrogen-bond acceptors (Lipinski definition) is 5. The van der Waals surface area contributed by atoms with E-state index in [0.29, 0.717) is 0 Å². The van der Waals surface area contributed by atoms with Crippen LogP contribution < -0.4 is 10.9 Å². The van der Waals surface area contributed by atoms with Crippen molar-refractivity contribution in [3.05, 3.63) is 23.8 Å². The Hall–Kier alpha value is -1.69. The lowest BCUT2D eigenvalue weighted by atomic mass is 10.2. The van der Waals surface area contributed by atoms with Crippen molar-refractivity contribution in [2.45, 2.75) is 46.3 Å². The molecular formula is C12H20N4O2. The zero-order valence-corrected chi connectivity index (χ0v) is 11.4. The molecular weight excluding hydrogens is 232 g/mol. The zero-order valence-electron chi connectivity index (χ0n) is 11.4.